The lowest BCUT2D eigenvalue weighted by Gasteiger charge is -2.20. The molecule has 0 radical (unpaired) electrons. The van der Waals surface area contributed by atoms with Gasteiger partial charge in [-0.3, -0.25) is 14.6 Å². The second-order valence-electron chi connectivity index (χ2n) is 5.81. The van der Waals surface area contributed by atoms with Gasteiger partial charge in [-0.1, -0.05) is 40.6 Å². The van der Waals surface area contributed by atoms with Crippen molar-refractivity contribution in [2.45, 2.75) is 18.6 Å². The minimum Gasteiger partial charge on any atom is -0.271 e. The van der Waals surface area contributed by atoms with E-state index in [1.165, 1.54) is 5.01 Å². The number of carbonyl (C=O) groups excluding carboxylic acids is 2. The standard InChI is InChI=1S/C17H12Cl2N4O2/c18-11-4-6-13(7-5-11)23-16(24)14-15(17(23)25)22(21-20-14)9-10-2-1-3-12(19)8-10/h1-8,14-15H,9H2/t14-,15+/m1/s1. The summed E-state index contributed by atoms with van der Waals surface area (Å²) in [5.74, 6) is -0.723. The summed E-state index contributed by atoms with van der Waals surface area (Å²) in [6, 6.07) is 12.3. The number of amides is 2. The minimum absolute atomic E-state index is 0.343. The van der Waals surface area contributed by atoms with Crippen molar-refractivity contribution in [3.8, 4) is 0 Å². The smallest absolute Gasteiger partial charge is 0.263 e. The van der Waals surface area contributed by atoms with Crippen LogP contribution in [0.25, 0.3) is 0 Å². The van der Waals surface area contributed by atoms with Gasteiger partial charge in [-0.15, -0.1) is 0 Å². The molecule has 2 aliphatic heterocycles. The largest absolute Gasteiger partial charge is 0.271 e. The van der Waals surface area contributed by atoms with E-state index in [1.54, 1.807) is 36.4 Å². The Morgan fingerprint density at radius 3 is 2.44 bits per heavy atom. The summed E-state index contributed by atoms with van der Waals surface area (Å²) in [4.78, 5) is 26.6. The molecule has 2 aromatic rings. The van der Waals surface area contributed by atoms with Gasteiger partial charge in [0.15, 0.2) is 12.1 Å². The van der Waals surface area contributed by atoms with E-state index in [0.29, 0.717) is 22.3 Å². The van der Waals surface area contributed by atoms with Crippen molar-refractivity contribution >= 4 is 40.7 Å². The Hall–Kier alpha value is -2.44. The molecular weight excluding hydrogens is 363 g/mol. The fraction of sp³-hybridized carbons (Fsp3) is 0.176. The Kier molecular flexibility index (Phi) is 3.94. The van der Waals surface area contributed by atoms with Gasteiger partial charge in [0.1, 0.15) is 0 Å². The van der Waals surface area contributed by atoms with Gasteiger partial charge in [0, 0.05) is 10.0 Å². The summed E-state index contributed by atoms with van der Waals surface area (Å²) < 4.78 is 0. The maximum Gasteiger partial charge on any atom is 0.263 e. The maximum atomic E-state index is 12.8. The Bertz CT molecular complexity index is 884. The molecule has 0 aromatic heterocycles. The highest BCUT2D eigenvalue weighted by atomic mass is 35.5. The van der Waals surface area contributed by atoms with Crippen LogP contribution in [0.5, 0.6) is 0 Å². The van der Waals surface area contributed by atoms with Crippen LogP contribution in [0.15, 0.2) is 58.9 Å². The van der Waals surface area contributed by atoms with Gasteiger partial charge in [-0.05, 0) is 42.0 Å². The van der Waals surface area contributed by atoms with Crippen LogP contribution in [0.3, 0.4) is 0 Å². The molecule has 6 nitrogen and oxygen atoms in total. The maximum absolute atomic E-state index is 12.8. The molecule has 2 atom stereocenters. The second kappa shape index (κ2) is 6.13. The van der Waals surface area contributed by atoms with Gasteiger partial charge < -0.3 is 0 Å². The van der Waals surface area contributed by atoms with Crippen LogP contribution >= 0.6 is 23.2 Å². The topological polar surface area (TPSA) is 65.3 Å². The van der Waals surface area contributed by atoms with E-state index < -0.39 is 12.1 Å². The zero-order chi connectivity index (χ0) is 17.6. The molecule has 2 heterocycles. The highest BCUT2D eigenvalue weighted by Gasteiger charge is 2.54. The SMILES string of the molecule is O=C1[C@@H]2[C@@H](N=NN2Cc2cccc(Cl)c2)C(=O)N1c1ccc(Cl)cc1. The molecule has 126 valence electrons. The van der Waals surface area contributed by atoms with Crippen molar-refractivity contribution in [3.05, 3.63) is 64.1 Å². The highest BCUT2D eigenvalue weighted by molar-refractivity contribution is 6.31. The van der Waals surface area contributed by atoms with Crippen LogP contribution in [0.2, 0.25) is 10.0 Å². The molecule has 2 amide bonds. The third-order valence-corrected chi connectivity index (χ3v) is 4.66. The third-order valence-electron chi connectivity index (χ3n) is 4.18. The fourth-order valence-electron chi connectivity index (χ4n) is 3.02. The predicted octanol–water partition coefficient (Wildman–Crippen LogP) is 3.49. The van der Waals surface area contributed by atoms with Crippen LogP contribution in [-0.4, -0.2) is 28.9 Å². The van der Waals surface area contributed by atoms with Crippen molar-refractivity contribution in [1.29, 1.82) is 0 Å². The number of hydrogen-bond donors (Lipinski definition) is 0. The van der Waals surface area contributed by atoms with Gasteiger partial charge in [0.05, 0.1) is 12.2 Å². The molecule has 25 heavy (non-hydrogen) atoms. The molecule has 0 spiro atoms. The molecule has 2 aromatic carbocycles. The van der Waals surface area contributed by atoms with Crippen LogP contribution in [0, 0.1) is 0 Å². The van der Waals surface area contributed by atoms with Gasteiger partial charge >= 0.3 is 0 Å². The zero-order valence-corrected chi connectivity index (χ0v) is 14.4. The number of anilines is 1. The molecule has 0 bridgehead atoms. The van der Waals surface area contributed by atoms with Crippen molar-refractivity contribution in [1.82, 2.24) is 5.01 Å². The molecule has 4 rings (SSSR count). The summed E-state index contributed by atoms with van der Waals surface area (Å²) in [6.45, 7) is 0.346. The first kappa shape index (κ1) is 16.1. The molecule has 0 unspecified atom stereocenters. The van der Waals surface area contributed by atoms with Crippen LogP contribution in [-0.2, 0) is 16.1 Å². The number of hydrogen-bond acceptors (Lipinski definition) is 5. The van der Waals surface area contributed by atoms with E-state index in [9.17, 15) is 9.59 Å². The average molecular weight is 375 g/mol. The van der Waals surface area contributed by atoms with E-state index in [4.69, 9.17) is 23.2 Å². The quantitative estimate of drug-likeness (QED) is 0.772. The summed E-state index contributed by atoms with van der Waals surface area (Å²) in [7, 11) is 0. The summed E-state index contributed by atoms with van der Waals surface area (Å²) in [5, 5.41) is 10.7. The van der Waals surface area contributed by atoms with Crippen molar-refractivity contribution in [3.63, 3.8) is 0 Å². The monoisotopic (exact) mass is 374 g/mol. The number of halogens is 2. The lowest BCUT2D eigenvalue weighted by molar-refractivity contribution is -0.123. The third kappa shape index (κ3) is 2.77. The van der Waals surface area contributed by atoms with E-state index in [1.807, 2.05) is 12.1 Å². The fourth-order valence-corrected chi connectivity index (χ4v) is 3.36. The number of imide groups is 1. The highest BCUT2D eigenvalue weighted by Crippen LogP contribution is 2.33. The zero-order valence-electron chi connectivity index (χ0n) is 12.8. The summed E-state index contributed by atoms with van der Waals surface area (Å²) >= 11 is 11.9. The van der Waals surface area contributed by atoms with Gasteiger partial charge in [-0.25, -0.2) is 4.90 Å². The lowest BCUT2D eigenvalue weighted by atomic mass is 10.1. The van der Waals surface area contributed by atoms with Gasteiger partial charge in [0.25, 0.3) is 11.8 Å². The molecule has 0 saturated carbocycles. The minimum atomic E-state index is -0.817. The van der Waals surface area contributed by atoms with Crippen molar-refractivity contribution < 1.29 is 9.59 Å². The van der Waals surface area contributed by atoms with Crippen LogP contribution in [0.4, 0.5) is 5.69 Å². The molecule has 8 heteroatoms. The normalized spacial score (nSPS) is 22.0. The number of rotatable bonds is 3. The van der Waals surface area contributed by atoms with Gasteiger partial charge in [0.2, 0.25) is 0 Å². The van der Waals surface area contributed by atoms with E-state index in [2.05, 4.69) is 10.3 Å². The molecule has 1 fully saturated rings. The first-order valence-corrected chi connectivity index (χ1v) is 8.35. The molecule has 2 aliphatic rings. The average Bonchev–Trinajstić information content (AvgIpc) is 3.10. The Morgan fingerprint density at radius 1 is 0.960 bits per heavy atom. The van der Waals surface area contributed by atoms with Crippen LogP contribution < -0.4 is 4.90 Å². The Morgan fingerprint density at radius 2 is 1.72 bits per heavy atom. The number of benzene rings is 2. The predicted molar refractivity (Wildman–Crippen MR) is 93.4 cm³/mol. The molecule has 0 N–H and O–H groups in total. The molecule has 1 saturated heterocycles. The number of fused-ring (bicyclic) bond motifs is 1. The van der Waals surface area contributed by atoms with E-state index in [0.717, 1.165) is 10.5 Å². The molecular formula is C17H12Cl2N4O2. The van der Waals surface area contributed by atoms with Crippen molar-refractivity contribution in [2.75, 3.05) is 4.90 Å². The lowest BCUT2D eigenvalue weighted by Crippen LogP contribution is -2.39. The first-order chi connectivity index (χ1) is 12.0. The van der Waals surface area contributed by atoms with Crippen LogP contribution in [0.1, 0.15) is 5.56 Å². The number of carbonyl (C=O) groups is 2. The second-order valence-corrected chi connectivity index (χ2v) is 6.68. The number of nitrogens with zero attached hydrogens (tertiary/aromatic N) is 4. The van der Waals surface area contributed by atoms with Gasteiger partial charge in [-0.2, -0.15) is 5.11 Å². The Labute approximate surface area is 153 Å². The first-order valence-electron chi connectivity index (χ1n) is 7.60. The van der Waals surface area contributed by atoms with Crippen molar-refractivity contribution in [2.24, 2.45) is 10.3 Å². The summed E-state index contributed by atoms with van der Waals surface area (Å²) in [5.41, 5.74) is 1.36. The summed E-state index contributed by atoms with van der Waals surface area (Å²) in [6.07, 6.45) is 0. The molecule has 0 aliphatic carbocycles. The van der Waals surface area contributed by atoms with E-state index in [-0.39, 0.29) is 11.8 Å². The Balaban J connectivity index is 1.60. The van der Waals surface area contributed by atoms with E-state index >= 15 is 0 Å².